The second-order valence-corrected chi connectivity index (χ2v) is 8.36. The number of halogens is 2. The maximum Gasteiger partial charge on any atom is 0.244 e. The number of fused-ring (bicyclic) bond motifs is 2. The summed E-state index contributed by atoms with van der Waals surface area (Å²) < 4.78 is 29.5. The lowest BCUT2D eigenvalue weighted by Crippen LogP contribution is -2.61. The Hall–Kier alpha value is -2.28. The van der Waals surface area contributed by atoms with Crippen LogP contribution in [0.4, 0.5) is 8.78 Å². The minimum atomic E-state index is -0.556. The van der Waals surface area contributed by atoms with Crippen molar-refractivity contribution in [3.8, 4) is 0 Å². The number of amides is 1. The number of carbonyl (C=O) groups is 1. The standard InChI is InChI=1S/C21H24F2N4O/c1-13-2-7-26(24-13)12-19(28)27-11-18(15-8-16(22)10-17(23)9-15)21-20(27)14-3-5-25(21)6-4-14/h2,7-10,14,18,20-21H,3-6,11-12H2,1H3/t18-,20+,21+/m1/s1. The summed E-state index contributed by atoms with van der Waals surface area (Å²) >= 11 is 0. The molecule has 0 unspecified atom stereocenters. The fourth-order valence-corrected chi connectivity index (χ4v) is 5.57. The fraction of sp³-hybridized carbons (Fsp3) is 0.524. The van der Waals surface area contributed by atoms with Gasteiger partial charge in [0.1, 0.15) is 18.2 Å². The second-order valence-electron chi connectivity index (χ2n) is 8.36. The third kappa shape index (κ3) is 2.92. The molecule has 1 amide bonds. The van der Waals surface area contributed by atoms with E-state index in [1.807, 2.05) is 24.1 Å². The molecular formula is C21H24F2N4O. The number of aromatic nitrogens is 2. The molecule has 5 nitrogen and oxygen atoms in total. The molecule has 28 heavy (non-hydrogen) atoms. The minimum Gasteiger partial charge on any atom is -0.336 e. The maximum atomic E-state index is 13.9. The summed E-state index contributed by atoms with van der Waals surface area (Å²) in [5.74, 6) is -0.687. The largest absolute Gasteiger partial charge is 0.336 e. The molecular weight excluding hydrogens is 362 g/mol. The molecule has 5 heterocycles. The monoisotopic (exact) mass is 386 g/mol. The SMILES string of the molecule is Cc1ccn(CC(=O)N2C[C@H](c3cc(F)cc(F)c3)[C@H]3[C@@H]2C2CCN3CC2)n1. The summed E-state index contributed by atoms with van der Waals surface area (Å²) in [6, 6.07) is 5.90. The van der Waals surface area contributed by atoms with Gasteiger partial charge >= 0.3 is 0 Å². The zero-order valence-electron chi connectivity index (χ0n) is 15.9. The molecule has 7 heteroatoms. The van der Waals surface area contributed by atoms with Crippen LogP contribution in [0.1, 0.15) is 30.0 Å². The molecule has 4 fully saturated rings. The van der Waals surface area contributed by atoms with Crippen molar-refractivity contribution in [2.75, 3.05) is 19.6 Å². The highest BCUT2D eigenvalue weighted by molar-refractivity contribution is 5.77. The Kier molecular flexibility index (Phi) is 4.23. The normalized spacial score (nSPS) is 31.2. The average Bonchev–Trinajstić information content (AvgIpc) is 3.27. The van der Waals surface area contributed by atoms with E-state index in [9.17, 15) is 13.6 Å². The van der Waals surface area contributed by atoms with Crippen molar-refractivity contribution < 1.29 is 13.6 Å². The number of carbonyl (C=O) groups excluding carboxylic acids is 1. The van der Waals surface area contributed by atoms with Crippen LogP contribution in [-0.2, 0) is 11.3 Å². The molecule has 4 aliphatic heterocycles. The zero-order valence-corrected chi connectivity index (χ0v) is 15.9. The molecule has 0 saturated carbocycles. The summed E-state index contributed by atoms with van der Waals surface area (Å²) in [5, 5.41) is 4.33. The van der Waals surface area contributed by atoms with Crippen LogP contribution in [0.2, 0.25) is 0 Å². The summed E-state index contributed by atoms with van der Waals surface area (Å²) in [4.78, 5) is 17.5. The van der Waals surface area contributed by atoms with Crippen molar-refractivity contribution in [1.82, 2.24) is 19.6 Å². The molecule has 2 aromatic rings. The van der Waals surface area contributed by atoms with Crippen molar-refractivity contribution in [1.29, 1.82) is 0 Å². The molecule has 0 aliphatic carbocycles. The van der Waals surface area contributed by atoms with E-state index in [0.717, 1.165) is 37.7 Å². The van der Waals surface area contributed by atoms with Crippen molar-refractivity contribution in [2.45, 2.75) is 44.3 Å². The van der Waals surface area contributed by atoms with Crippen LogP contribution in [0.5, 0.6) is 0 Å². The van der Waals surface area contributed by atoms with Crippen LogP contribution in [0.25, 0.3) is 0 Å². The highest BCUT2D eigenvalue weighted by Gasteiger charge is 2.54. The molecule has 6 rings (SSSR count). The van der Waals surface area contributed by atoms with Gasteiger partial charge in [0.25, 0.3) is 0 Å². The Morgan fingerprint density at radius 1 is 1.14 bits per heavy atom. The molecule has 0 spiro atoms. The number of aryl methyl sites for hydroxylation is 1. The van der Waals surface area contributed by atoms with E-state index in [1.165, 1.54) is 12.1 Å². The van der Waals surface area contributed by atoms with Crippen molar-refractivity contribution >= 4 is 5.91 Å². The predicted molar refractivity (Wildman–Crippen MR) is 99.6 cm³/mol. The van der Waals surface area contributed by atoms with E-state index in [4.69, 9.17) is 0 Å². The van der Waals surface area contributed by atoms with Gasteiger partial charge in [-0.15, -0.1) is 0 Å². The van der Waals surface area contributed by atoms with Gasteiger partial charge in [-0.25, -0.2) is 8.78 Å². The van der Waals surface area contributed by atoms with Crippen LogP contribution >= 0.6 is 0 Å². The molecule has 3 atom stereocenters. The first kappa shape index (κ1) is 17.8. The summed E-state index contributed by atoms with van der Waals surface area (Å²) in [7, 11) is 0. The highest BCUT2D eigenvalue weighted by atomic mass is 19.1. The Morgan fingerprint density at radius 2 is 1.86 bits per heavy atom. The molecule has 1 aromatic carbocycles. The smallest absolute Gasteiger partial charge is 0.244 e. The first-order valence-corrected chi connectivity index (χ1v) is 9.99. The molecule has 0 radical (unpaired) electrons. The number of hydrogen-bond donors (Lipinski definition) is 0. The average molecular weight is 386 g/mol. The van der Waals surface area contributed by atoms with E-state index in [0.29, 0.717) is 18.0 Å². The van der Waals surface area contributed by atoms with Crippen molar-refractivity contribution in [3.05, 3.63) is 53.4 Å². The van der Waals surface area contributed by atoms with E-state index in [-0.39, 0.29) is 30.5 Å². The Labute approximate surface area is 162 Å². The van der Waals surface area contributed by atoms with Gasteiger partial charge in [-0.05, 0) is 62.5 Å². The minimum absolute atomic E-state index is 0.0335. The van der Waals surface area contributed by atoms with Crippen molar-refractivity contribution in [3.63, 3.8) is 0 Å². The number of benzene rings is 1. The van der Waals surface area contributed by atoms with Crippen molar-refractivity contribution in [2.24, 2.45) is 5.92 Å². The summed E-state index contributed by atoms with van der Waals surface area (Å²) in [6.07, 6.45) is 3.98. The zero-order chi connectivity index (χ0) is 19.4. The van der Waals surface area contributed by atoms with Gasteiger partial charge in [-0.3, -0.25) is 14.4 Å². The van der Waals surface area contributed by atoms with Crippen LogP contribution in [0.15, 0.2) is 30.5 Å². The van der Waals surface area contributed by atoms with Crippen LogP contribution in [0, 0.1) is 24.5 Å². The molecule has 1 aromatic heterocycles. The summed E-state index contributed by atoms with van der Waals surface area (Å²) in [6.45, 7) is 4.61. The lowest BCUT2D eigenvalue weighted by Gasteiger charge is -2.51. The van der Waals surface area contributed by atoms with E-state index in [2.05, 4.69) is 10.00 Å². The highest BCUT2D eigenvalue weighted by Crippen LogP contribution is 2.46. The predicted octanol–water partition coefficient (Wildman–Crippen LogP) is 2.56. The number of piperidine rings is 3. The van der Waals surface area contributed by atoms with E-state index in [1.54, 1.807) is 4.68 Å². The Bertz CT molecular complexity index is 885. The molecule has 0 N–H and O–H groups in total. The number of hydrogen-bond acceptors (Lipinski definition) is 3. The molecule has 4 aliphatic rings. The Morgan fingerprint density at radius 3 is 2.50 bits per heavy atom. The lowest BCUT2D eigenvalue weighted by atomic mass is 9.75. The third-order valence-corrected chi connectivity index (χ3v) is 6.70. The van der Waals surface area contributed by atoms with Gasteiger partial charge in [0.2, 0.25) is 5.91 Å². The van der Waals surface area contributed by atoms with Gasteiger partial charge in [-0.2, -0.15) is 5.10 Å². The lowest BCUT2D eigenvalue weighted by molar-refractivity contribution is -0.136. The van der Waals surface area contributed by atoms with Gasteiger partial charge in [0.15, 0.2) is 0 Å². The fourth-order valence-electron chi connectivity index (χ4n) is 5.57. The summed E-state index contributed by atoms with van der Waals surface area (Å²) in [5.41, 5.74) is 1.54. The van der Waals surface area contributed by atoms with Gasteiger partial charge in [-0.1, -0.05) is 0 Å². The van der Waals surface area contributed by atoms with Gasteiger partial charge < -0.3 is 4.90 Å². The molecule has 4 saturated heterocycles. The van der Waals surface area contributed by atoms with Gasteiger partial charge in [0.05, 0.1) is 11.7 Å². The van der Waals surface area contributed by atoms with E-state index < -0.39 is 11.6 Å². The number of rotatable bonds is 3. The first-order valence-electron chi connectivity index (χ1n) is 9.99. The number of nitrogens with zero attached hydrogens (tertiary/aromatic N) is 4. The molecule has 148 valence electrons. The second kappa shape index (κ2) is 6.65. The maximum absolute atomic E-state index is 13.9. The molecule has 2 bridgehead atoms. The Balaban J connectivity index is 1.47. The van der Waals surface area contributed by atoms with E-state index >= 15 is 0 Å². The number of likely N-dealkylation sites (tertiary alicyclic amines) is 1. The van der Waals surface area contributed by atoms with Crippen LogP contribution in [-0.4, -0.2) is 57.2 Å². The van der Waals surface area contributed by atoms with Crippen LogP contribution < -0.4 is 0 Å². The third-order valence-electron chi connectivity index (χ3n) is 6.70. The first-order chi connectivity index (χ1) is 13.5. The quantitative estimate of drug-likeness (QED) is 0.814. The van der Waals surface area contributed by atoms with Crippen LogP contribution in [0.3, 0.4) is 0 Å². The topological polar surface area (TPSA) is 41.4 Å². The van der Waals surface area contributed by atoms with Gasteiger partial charge in [0, 0.05) is 30.8 Å².